The van der Waals surface area contributed by atoms with Crippen LogP contribution in [0, 0.1) is 0 Å². The van der Waals surface area contributed by atoms with E-state index in [1.54, 1.807) is 7.11 Å². The first-order valence-corrected chi connectivity index (χ1v) is 8.99. The summed E-state index contributed by atoms with van der Waals surface area (Å²) in [6.45, 7) is 5.86. The van der Waals surface area contributed by atoms with Gasteiger partial charge in [0.15, 0.2) is 0 Å². The maximum absolute atomic E-state index is 5.56. The van der Waals surface area contributed by atoms with Gasteiger partial charge in [0.2, 0.25) is 0 Å². The number of hydrogen-bond donors (Lipinski definition) is 1. The van der Waals surface area contributed by atoms with E-state index < -0.39 is 0 Å². The van der Waals surface area contributed by atoms with Crippen molar-refractivity contribution in [3.63, 3.8) is 0 Å². The molecule has 0 spiro atoms. The maximum atomic E-state index is 5.56. The molecule has 1 saturated heterocycles. The third-order valence-corrected chi connectivity index (χ3v) is 5.43. The summed E-state index contributed by atoms with van der Waals surface area (Å²) in [6.07, 6.45) is 6.72. The van der Waals surface area contributed by atoms with Crippen molar-refractivity contribution < 1.29 is 9.47 Å². The average Bonchev–Trinajstić information content (AvgIpc) is 2.64. The fourth-order valence-electron chi connectivity index (χ4n) is 4.13. The Morgan fingerprint density at radius 2 is 1.87 bits per heavy atom. The van der Waals surface area contributed by atoms with Crippen LogP contribution in [-0.4, -0.2) is 50.4 Å². The summed E-state index contributed by atoms with van der Waals surface area (Å²) in [5.74, 6) is 0.976. The Morgan fingerprint density at radius 3 is 2.61 bits per heavy atom. The molecule has 4 nitrogen and oxygen atoms in total. The van der Waals surface area contributed by atoms with Crippen molar-refractivity contribution in [3.05, 3.63) is 29.8 Å². The van der Waals surface area contributed by atoms with Crippen LogP contribution >= 0.6 is 0 Å². The first kappa shape index (κ1) is 16.7. The van der Waals surface area contributed by atoms with E-state index in [-0.39, 0.29) is 0 Å². The van der Waals surface area contributed by atoms with E-state index in [1.165, 1.54) is 37.7 Å². The van der Waals surface area contributed by atoms with Crippen molar-refractivity contribution in [3.8, 4) is 5.75 Å². The number of benzene rings is 1. The predicted molar refractivity (Wildman–Crippen MR) is 92.9 cm³/mol. The molecule has 0 amide bonds. The van der Waals surface area contributed by atoms with Crippen LogP contribution in [0.5, 0.6) is 5.75 Å². The molecule has 0 atom stereocenters. The first-order valence-electron chi connectivity index (χ1n) is 8.99. The molecule has 0 aromatic heterocycles. The van der Waals surface area contributed by atoms with E-state index in [1.807, 2.05) is 12.1 Å². The Hall–Kier alpha value is -1.10. The molecule has 0 unspecified atom stereocenters. The number of methoxy groups -OCH3 is 1. The molecule has 1 aliphatic carbocycles. The summed E-state index contributed by atoms with van der Waals surface area (Å²) < 4.78 is 11.0. The van der Waals surface area contributed by atoms with E-state index in [0.717, 1.165) is 45.1 Å². The van der Waals surface area contributed by atoms with Gasteiger partial charge in [0.05, 0.1) is 20.3 Å². The van der Waals surface area contributed by atoms with Gasteiger partial charge in [-0.25, -0.2) is 0 Å². The van der Waals surface area contributed by atoms with Crippen molar-refractivity contribution in [2.75, 3.05) is 40.0 Å². The molecule has 23 heavy (non-hydrogen) atoms. The molecule has 128 valence electrons. The summed E-state index contributed by atoms with van der Waals surface area (Å²) in [5, 5.41) is 3.72. The van der Waals surface area contributed by atoms with Crippen molar-refractivity contribution in [2.24, 2.45) is 0 Å². The second-order valence-electron chi connectivity index (χ2n) is 6.80. The lowest BCUT2D eigenvalue weighted by molar-refractivity contribution is -0.0369. The minimum atomic E-state index is 0.323. The molecule has 1 N–H and O–H groups in total. The molecule has 0 bridgehead atoms. The second-order valence-corrected chi connectivity index (χ2v) is 6.80. The highest BCUT2D eigenvalue weighted by molar-refractivity contribution is 5.33. The van der Waals surface area contributed by atoms with Gasteiger partial charge in [-0.2, -0.15) is 0 Å². The molecule has 1 aliphatic heterocycles. The molecule has 1 saturated carbocycles. The fourth-order valence-corrected chi connectivity index (χ4v) is 4.13. The van der Waals surface area contributed by atoms with Gasteiger partial charge in [0, 0.05) is 37.3 Å². The summed E-state index contributed by atoms with van der Waals surface area (Å²) in [7, 11) is 1.75. The predicted octanol–water partition coefficient (Wildman–Crippen LogP) is 2.82. The molecule has 2 fully saturated rings. The topological polar surface area (TPSA) is 33.7 Å². The number of ether oxygens (including phenoxy) is 2. The van der Waals surface area contributed by atoms with Crippen molar-refractivity contribution >= 4 is 0 Å². The molecular weight excluding hydrogens is 288 g/mol. The fraction of sp³-hybridized carbons (Fsp3) is 0.684. The summed E-state index contributed by atoms with van der Waals surface area (Å²) in [4.78, 5) is 2.69. The van der Waals surface area contributed by atoms with Gasteiger partial charge in [-0.3, -0.25) is 4.90 Å². The third-order valence-electron chi connectivity index (χ3n) is 5.43. The number of para-hydroxylation sites is 1. The third kappa shape index (κ3) is 4.06. The number of hydrogen-bond acceptors (Lipinski definition) is 4. The summed E-state index contributed by atoms with van der Waals surface area (Å²) in [6, 6.07) is 8.29. The molecule has 0 radical (unpaired) electrons. The van der Waals surface area contributed by atoms with Crippen LogP contribution in [0.3, 0.4) is 0 Å². The second kappa shape index (κ2) is 8.13. The SMILES string of the molecule is COc1ccccc1CNCC1(N2CCOCC2)CCCCC1. The van der Waals surface area contributed by atoms with Crippen LogP contribution in [0.25, 0.3) is 0 Å². The zero-order chi connectivity index (χ0) is 16.0. The van der Waals surface area contributed by atoms with E-state index in [2.05, 4.69) is 22.3 Å². The summed E-state index contributed by atoms with van der Waals surface area (Å²) >= 11 is 0. The Labute approximate surface area is 140 Å². The monoisotopic (exact) mass is 318 g/mol. The van der Waals surface area contributed by atoms with Crippen LogP contribution in [-0.2, 0) is 11.3 Å². The van der Waals surface area contributed by atoms with E-state index >= 15 is 0 Å². The van der Waals surface area contributed by atoms with Gasteiger partial charge in [-0.1, -0.05) is 37.5 Å². The molecule has 2 aliphatic rings. The molecular formula is C19H30N2O2. The Kier molecular flexibility index (Phi) is 5.92. The van der Waals surface area contributed by atoms with Gasteiger partial charge in [-0.15, -0.1) is 0 Å². The highest BCUT2D eigenvalue weighted by atomic mass is 16.5. The smallest absolute Gasteiger partial charge is 0.123 e. The Bertz CT molecular complexity index is 480. The van der Waals surface area contributed by atoms with Gasteiger partial charge in [-0.05, 0) is 18.9 Å². The standard InChI is InChI=1S/C19H30N2O2/c1-22-18-8-4-3-7-17(18)15-20-16-19(9-5-2-6-10-19)21-11-13-23-14-12-21/h3-4,7-8,20H,2,5-6,9-16H2,1H3. The highest BCUT2D eigenvalue weighted by Crippen LogP contribution is 2.34. The van der Waals surface area contributed by atoms with Crippen LogP contribution in [0.15, 0.2) is 24.3 Å². The zero-order valence-electron chi connectivity index (χ0n) is 14.4. The van der Waals surface area contributed by atoms with Crippen molar-refractivity contribution in [1.82, 2.24) is 10.2 Å². The quantitative estimate of drug-likeness (QED) is 0.874. The Balaban J connectivity index is 1.62. The summed E-state index contributed by atoms with van der Waals surface area (Å²) in [5.41, 5.74) is 1.56. The number of nitrogens with zero attached hydrogens (tertiary/aromatic N) is 1. The minimum Gasteiger partial charge on any atom is -0.496 e. The molecule has 4 heteroatoms. The lowest BCUT2D eigenvalue weighted by Crippen LogP contribution is -2.59. The normalized spacial score (nSPS) is 22.0. The number of rotatable bonds is 6. The molecule has 1 aromatic rings. The number of nitrogens with one attached hydrogen (secondary N) is 1. The Morgan fingerprint density at radius 1 is 1.13 bits per heavy atom. The zero-order valence-corrected chi connectivity index (χ0v) is 14.4. The van der Waals surface area contributed by atoms with Crippen molar-refractivity contribution in [2.45, 2.75) is 44.2 Å². The largest absolute Gasteiger partial charge is 0.496 e. The van der Waals surface area contributed by atoms with Crippen LogP contribution in [0.1, 0.15) is 37.7 Å². The average molecular weight is 318 g/mol. The van der Waals surface area contributed by atoms with Gasteiger partial charge >= 0.3 is 0 Å². The highest BCUT2D eigenvalue weighted by Gasteiger charge is 2.38. The number of morpholine rings is 1. The first-order chi connectivity index (χ1) is 11.3. The molecule has 1 heterocycles. The molecule has 3 rings (SSSR count). The van der Waals surface area contributed by atoms with Crippen LogP contribution in [0.2, 0.25) is 0 Å². The van der Waals surface area contributed by atoms with Crippen LogP contribution in [0.4, 0.5) is 0 Å². The van der Waals surface area contributed by atoms with Gasteiger partial charge in [0.1, 0.15) is 5.75 Å². The van der Waals surface area contributed by atoms with E-state index in [4.69, 9.17) is 9.47 Å². The lowest BCUT2D eigenvalue weighted by Gasteiger charge is -2.48. The van der Waals surface area contributed by atoms with E-state index in [0.29, 0.717) is 5.54 Å². The van der Waals surface area contributed by atoms with E-state index in [9.17, 15) is 0 Å². The van der Waals surface area contributed by atoms with Crippen LogP contribution < -0.4 is 10.1 Å². The maximum Gasteiger partial charge on any atom is 0.123 e. The lowest BCUT2D eigenvalue weighted by atomic mass is 9.79. The van der Waals surface area contributed by atoms with Gasteiger partial charge in [0.25, 0.3) is 0 Å². The van der Waals surface area contributed by atoms with Gasteiger partial charge < -0.3 is 14.8 Å². The van der Waals surface area contributed by atoms with Crippen molar-refractivity contribution in [1.29, 1.82) is 0 Å². The minimum absolute atomic E-state index is 0.323. The molecule has 1 aromatic carbocycles.